The summed E-state index contributed by atoms with van der Waals surface area (Å²) >= 11 is 0. The molecule has 1 heterocycles. The average molecular weight is 298 g/mol. The quantitative estimate of drug-likeness (QED) is 0.896. The van der Waals surface area contributed by atoms with Crippen molar-refractivity contribution >= 4 is 16.1 Å². The lowest BCUT2D eigenvalue weighted by Crippen LogP contribution is -2.34. The second kappa shape index (κ2) is 5.41. The fourth-order valence-corrected chi connectivity index (χ4v) is 3.52. The number of hydrogen-bond donors (Lipinski definition) is 1. The zero-order valence-electron chi connectivity index (χ0n) is 11.7. The standard InChI is InChI=1S/C13H18N2O4S/c1-9(2)12-13(16)15(20(17,18)14-12)8-10-4-6-11(19-3)7-5-10/h4-7,9,12,14H,8H2,1-3H3/t12-/m1/s1. The molecule has 1 saturated heterocycles. The van der Waals surface area contributed by atoms with Gasteiger partial charge in [-0.25, -0.2) is 4.31 Å². The zero-order valence-corrected chi connectivity index (χ0v) is 12.5. The molecule has 0 unspecified atom stereocenters. The molecular weight excluding hydrogens is 280 g/mol. The van der Waals surface area contributed by atoms with Crippen LogP contribution in [0.3, 0.4) is 0 Å². The molecule has 1 amide bonds. The summed E-state index contributed by atoms with van der Waals surface area (Å²) in [6, 6.07) is 6.26. The Morgan fingerprint density at radius 1 is 1.30 bits per heavy atom. The fraction of sp³-hybridized carbons (Fsp3) is 0.462. The number of nitrogens with one attached hydrogen (secondary N) is 1. The van der Waals surface area contributed by atoms with Gasteiger partial charge in [0.2, 0.25) is 0 Å². The maximum atomic E-state index is 12.1. The van der Waals surface area contributed by atoms with Crippen molar-refractivity contribution in [3.05, 3.63) is 29.8 Å². The molecule has 1 aliphatic heterocycles. The summed E-state index contributed by atoms with van der Waals surface area (Å²) < 4.78 is 32.3. The first-order valence-corrected chi connectivity index (χ1v) is 7.76. The molecule has 1 aromatic carbocycles. The largest absolute Gasteiger partial charge is 0.497 e. The van der Waals surface area contributed by atoms with Gasteiger partial charge in [-0.1, -0.05) is 26.0 Å². The topological polar surface area (TPSA) is 75.7 Å². The first-order chi connectivity index (χ1) is 9.35. The maximum Gasteiger partial charge on any atom is 0.304 e. The first-order valence-electron chi connectivity index (χ1n) is 6.32. The predicted octanol–water partition coefficient (Wildman–Crippen LogP) is 0.896. The van der Waals surface area contributed by atoms with Gasteiger partial charge in [-0.3, -0.25) is 4.79 Å². The van der Waals surface area contributed by atoms with E-state index in [9.17, 15) is 13.2 Å². The van der Waals surface area contributed by atoms with Crippen LogP contribution in [0.1, 0.15) is 19.4 Å². The van der Waals surface area contributed by atoms with E-state index < -0.39 is 22.2 Å². The summed E-state index contributed by atoms with van der Waals surface area (Å²) in [5.41, 5.74) is 0.730. The minimum Gasteiger partial charge on any atom is -0.497 e. The molecule has 7 heteroatoms. The zero-order chi connectivity index (χ0) is 14.9. The van der Waals surface area contributed by atoms with Gasteiger partial charge in [-0.2, -0.15) is 13.1 Å². The van der Waals surface area contributed by atoms with E-state index in [1.807, 2.05) is 13.8 Å². The highest BCUT2D eigenvalue weighted by atomic mass is 32.2. The molecule has 0 spiro atoms. The van der Waals surface area contributed by atoms with Crippen LogP contribution in [-0.4, -0.2) is 31.8 Å². The van der Waals surface area contributed by atoms with Crippen LogP contribution in [-0.2, 0) is 21.5 Å². The Morgan fingerprint density at radius 2 is 1.90 bits per heavy atom. The number of rotatable bonds is 4. The Hall–Kier alpha value is -1.60. The SMILES string of the molecule is COc1ccc(CN2C(=O)[C@@H](C(C)C)NS2(=O)=O)cc1. The second-order valence-corrected chi connectivity index (χ2v) is 6.66. The first kappa shape index (κ1) is 14.8. The summed E-state index contributed by atoms with van der Waals surface area (Å²) in [6.45, 7) is 3.64. The minimum atomic E-state index is -3.74. The van der Waals surface area contributed by atoms with E-state index in [0.717, 1.165) is 9.87 Å². The summed E-state index contributed by atoms with van der Waals surface area (Å²) in [4.78, 5) is 12.1. The number of ether oxygens (including phenoxy) is 1. The number of carbonyl (C=O) groups excluding carboxylic acids is 1. The van der Waals surface area contributed by atoms with Gasteiger partial charge in [0.25, 0.3) is 5.91 Å². The van der Waals surface area contributed by atoms with Gasteiger partial charge in [0, 0.05) is 0 Å². The van der Waals surface area contributed by atoms with Gasteiger partial charge in [0.15, 0.2) is 0 Å². The number of carbonyl (C=O) groups is 1. The number of methoxy groups -OCH3 is 1. The van der Waals surface area contributed by atoms with Crippen LogP contribution >= 0.6 is 0 Å². The molecule has 2 rings (SSSR count). The average Bonchev–Trinajstić information content (AvgIpc) is 2.63. The molecule has 110 valence electrons. The van der Waals surface area contributed by atoms with Gasteiger partial charge in [0.1, 0.15) is 11.8 Å². The third-order valence-corrected chi connectivity index (χ3v) is 4.67. The number of hydrogen-bond acceptors (Lipinski definition) is 4. The van der Waals surface area contributed by atoms with Crippen molar-refractivity contribution in [2.24, 2.45) is 5.92 Å². The van der Waals surface area contributed by atoms with Crippen LogP contribution in [0.25, 0.3) is 0 Å². The van der Waals surface area contributed by atoms with Crippen molar-refractivity contribution in [2.45, 2.75) is 26.4 Å². The van der Waals surface area contributed by atoms with Gasteiger partial charge >= 0.3 is 10.2 Å². The summed E-state index contributed by atoms with van der Waals surface area (Å²) in [5, 5.41) is 0. The van der Waals surface area contributed by atoms with Crippen LogP contribution in [0, 0.1) is 5.92 Å². The molecule has 6 nitrogen and oxygen atoms in total. The summed E-state index contributed by atoms with van der Waals surface area (Å²) in [7, 11) is -2.19. The van der Waals surface area contributed by atoms with Crippen molar-refractivity contribution in [1.82, 2.24) is 9.03 Å². The lowest BCUT2D eigenvalue weighted by Gasteiger charge is -2.15. The van der Waals surface area contributed by atoms with Crippen molar-refractivity contribution in [2.75, 3.05) is 7.11 Å². The number of benzene rings is 1. The van der Waals surface area contributed by atoms with Crippen LogP contribution in [0.15, 0.2) is 24.3 Å². The molecule has 1 aromatic rings. The lowest BCUT2D eigenvalue weighted by atomic mass is 10.0. The van der Waals surface area contributed by atoms with Crippen molar-refractivity contribution in [3.8, 4) is 5.75 Å². The Labute approximate surface area is 118 Å². The van der Waals surface area contributed by atoms with Crippen molar-refractivity contribution in [3.63, 3.8) is 0 Å². The Kier molecular flexibility index (Phi) is 4.01. The van der Waals surface area contributed by atoms with Crippen LogP contribution in [0.2, 0.25) is 0 Å². The molecule has 1 fully saturated rings. The van der Waals surface area contributed by atoms with E-state index in [0.29, 0.717) is 5.75 Å². The molecule has 0 aromatic heterocycles. The summed E-state index contributed by atoms with van der Waals surface area (Å²) in [5.74, 6) is 0.191. The van der Waals surface area contributed by atoms with E-state index in [1.54, 1.807) is 31.4 Å². The molecule has 0 aliphatic carbocycles. The second-order valence-electron chi connectivity index (χ2n) is 5.04. The van der Waals surface area contributed by atoms with Crippen LogP contribution in [0.4, 0.5) is 0 Å². The third kappa shape index (κ3) is 2.78. The number of amides is 1. The molecule has 0 radical (unpaired) electrons. The van der Waals surface area contributed by atoms with Gasteiger partial charge < -0.3 is 4.74 Å². The molecule has 1 aliphatic rings. The molecule has 0 bridgehead atoms. The third-order valence-electron chi connectivity index (χ3n) is 3.23. The Balaban J connectivity index is 2.21. The highest BCUT2D eigenvalue weighted by Gasteiger charge is 2.43. The Morgan fingerprint density at radius 3 is 2.35 bits per heavy atom. The van der Waals surface area contributed by atoms with Gasteiger partial charge in [0.05, 0.1) is 13.7 Å². The van der Waals surface area contributed by atoms with E-state index in [1.165, 1.54) is 0 Å². The smallest absolute Gasteiger partial charge is 0.304 e. The summed E-state index contributed by atoms with van der Waals surface area (Å²) in [6.07, 6.45) is 0. The van der Waals surface area contributed by atoms with Gasteiger partial charge in [-0.05, 0) is 23.6 Å². The minimum absolute atomic E-state index is 0.0291. The Bertz CT molecular complexity index is 595. The molecule has 0 saturated carbocycles. The van der Waals surface area contributed by atoms with Gasteiger partial charge in [-0.15, -0.1) is 0 Å². The van der Waals surface area contributed by atoms with E-state index in [-0.39, 0.29) is 12.5 Å². The highest BCUT2D eigenvalue weighted by molar-refractivity contribution is 7.88. The monoisotopic (exact) mass is 298 g/mol. The molecular formula is C13H18N2O4S. The maximum absolute atomic E-state index is 12.1. The van der Waals surface area contributed by atoms with E-state index in [2.05, 4.69) is 4.72 Å². The van der Waals surface area contributed by atoms with Crippen LogP contribution < -0.4 is 9.46 Å². The van der Waals surface area contributed by atoms with E-state index in [4.69, 9.17) is 4.74 Å². The van der Waals surface area contributed by atoms with Crippen molar-refractivity contribution in [1.29, 1.82) is 0 Å². The van der Waals surface area contributed by atoms with E-state index >= 15 is 0 Å². The number of nitrogens with zero attached hydrogens (tertiary/aromatic N) is 1. The normalized spacial score (nSPS) is 21.5. The molecule has 20 heavy (non-hydrogen) atoms. The van der Waals surface area contributed by atoms with Crippen LogP contribution in [0.5, 0.6) is 5.75 Å². The molecule has 1 atom stereocenters. The highest BCUT2D eigenvalue weighted by Crippen LogP contribution is 2.21. The fourth-order valence-electron chi connectivity index (χ4n) is 2.03. The predicted molar refractivity (Wildman–Crippen MR) is 74.2 cm³/mol. The molecule has 1 N–H and O–H groups in total. The lowest BCUT2D eigenvalue weighted by molar-refractivity contribution is -0.127. The van der Waals surface area contributed by atoms with Crippen molar-refractivity contribution < 1.29 is 17.9 Å².